The Morgan fingerprint density at radius 2 is 2.23 bits per heavy atom. The third-order valence-electron chi connectivity index (χ3n) is 1.60. The number of nitrogens with zero attached hydrogens (tertiary/aromatic N) is 3. The van der Waals surface area contributed by atoms with Crippen molar-refractivity contribution >= 4 is 27.1 Å². The van der Waals surface area contributed by atoms with Crippen LogP contribution in [-0.4, -0.2) is 14.5 Å². The lowest BCUT2D eigenvalue weighted by atomic mass is 10.5. The standard InChI is InChI=1S/C7H4BrF2N3/c8-5-3-11-6-4(12-5)1-2-13(6)7(9)10/h1-3,7H. The van der Waals surface area contributed by atoms with Crippen LogP contribution in [0.2, 0.25) is 0 Å². The molecular formula is C7H4BrF2N3. The Balaban J connectivity index is 2.69. The molecule has 3 nitrogen and oxygen atoms in total. The predicted octanol–water partition coefficient (Wildman–Crippen LogP) is 2.59. The van der Waals surface area contributed by atoms with Crippen LogP contribution in [0, 0.1) is 0 Å². The van der Waals surface area contributed by atoms with Gasteiger partial charge in [-0.15, -0.1) is 0 Å². The Hall–Kier alpha value is -1.04. The molecule has 0 unspecified atom stereocenters. The molecule has 0 fully saturated rings. The van der Waals surface area contributed by atoms with Crippen molar-refractivity contribution in [2.75, 3.05) is 0 Å². The maximum atomic E-state index is 12.3. The van der Waals surface area contributed by atoms with Gasteiger partial charge in [-0.05, 0) is 22.0 Å². The van der Waals surface area contributed by atoms with Gasteiger partial charge in [0.2, 0.25) is 0 Å². The van der Waals surface area contributed by atoms with E-state index in [0.717, 1.165) is 4.57 Å². The summed E-state index contributed by atoms with van der Waals surface area (Å²) in [5.74, 6) is 0. The molecule has 0 aliphatic rings. The molecule has 0 N–H and O–H groups in total. The van der Waals surface area contributed by atoms with Gasteiger partial charge >= 0.3 is 6.55 Å². The van der Waals surface area contributed by atoms with Crippen molar-refractivity contribution in [3.63, 3.8) is 0 Å². The molecule has 0 radical (unpaired) electrons. The number of hydrogen-bond donors (Lipinski definition) is 0. The first-order valence-corrected chi connectivity index (χ1v) is 4.25. The third-order valence-corrected chi connectivity index (χ3v) is 1.98. The summed E-state index contributed by atoms with van der Waals surface area (Å²) in [5.41, 5.74) is 0.646. The molecule has 0 saturated carbocycles. The van der Waals surface area contributed by atoms with Crippen molar-refractivity contribution in [1.29, 1.82) is 0 Å². The van der Waals surface area contributed by atoms with Gasteiger partial charge in [-0.2, -0.15) is 8.78 Å². The van der Waals surface area contributed by atoms with Crippen LogP contribution in [0.4, 0.5) is 8.78 Å². The molecule has 2 rings (SSSR count). The summed E-state index contributed by atoms with van der Waals surface area (Å²) in [6, 6.07) is 1.50. The lowest BCUT2D eigenvalue weighted by molar-refractivity contribution is 0.0746. The topological polar surface area (TPSA) is 30.7 Å². The molecule has 6 heteroatoms. The van der Waals surface area contributed by atoms with E-state index in [2.05, 4.69) is 25.9 Å². The van der Waals surface area contributed by atoms with Crippen molar-refractivity contribution < 1.29 is 8.78 Å². The molecule has 68 valence electrons. The Morgan fingerprint density at radius 3 is 2.92 bits per heavy atom. The van der Waals surface area contributed by atoms with Crippen molar-refractivity contribution in [1.82, 2.24) is 14.5 Å². The van der Waals surface area contributed by atoms with Crippen LogP contribution < -0.4 is 0 Å². The minimum Gasteiger partial charge on any atom is -0.274 e. The summed E-state index contributed by atoms with van der Waals surface area (Å²) in [6.07, 6.45) is 2.66. The van der Waals surface area contributed by atoms with Gasteiger partial charge in [0.05, 0.1) is 6.20 Å². The van der Waals surface area contributed by atoms with Crippen LogP contribution in [0.25, 0.3) is 11.2 Å². The monoisotopic (exact) mass is 247 g/mol. The molecule has 13 heavy (non-hydrogen) atoms. The van der Waals surface area contributed by atoms with Gasteiger partial charge in [-0.3, -0.25) is 4.57 Å². The fraction of sp³-hybridized carbons (Fsp3) is 0.143. The molecule has 0 aliphatic carbocycles. The van der Waals surface area contributed by atoms with E-state index >= 15 is 0 Å². The maximum absolute atomic E-state index is 12.3. The second kappa shape index (κ2) is 3.02. The van der Waals surface area contributed by atoms with Crippen LogP contribution >= 0.6 is 15.9 Å². The fourth-order valence-corrected chi connectivity index (χ4v) is 1.36. The Morgan fingerprint density at radius 1 is 1.46 bits per heavy atom. The first-order valence-electron chi connectivity index (χ1n) is 3.46. The molecule has 2 heterocycles. The number of hydrogen-bond acceptors (Lipinski definition) is 2. The second-order valence-corrected chi connectivity index (χ2v) is 3.21. The van der Waals surface area contributed by atoms with Crippen molar-refractivity contribution in [3.8, 4) is 0 Å². The summed E-state index contributed by atoms with van der Waals surface area (Å²) in [4.78, 5) is 7.81. The van der Waals surface area contributed by atoms with Crippen LogP contribution in [-0.2, 0) is 0 Å². The average Bonchev–Trinajstić information content (AvgIpc) is 2.46. The van der Waals surface area contributed by atoms with Crippen LogP contribution in [0.15, 0.2) is 23.1 Å². The molecule has 0 saturated heterocycles. The van der Waals surface area contributed by atoms with E-state index in [-0.39, 0.29) is 5.65 Å². The summed E-state index contributed by atoms with van der Waals surface area (Å²) in [5, 5.41) is 0. The lowest BCUT2D eigenvalue weighted by Gasteiger charge is -2.00. The first-order chi connectivity index (χ1) is 6.18. The Labute approximate surface area is 80.5 Å². The number of alkyl halides is 2. The van der Waals surface area contributed by atoms with E-state index in [0.29, 0.717) is 10.1 Å². The minimum atomic E-state index is -2.58. The normalized spacial score (nSPS) is 11.4. The zero-order valence-electron chi connectivity index (χ0n) is 6.28. The predicted molar refractivity (Wildman–Crippen MR) is 46.5 cm³/mol. The van der Waals surface area contributed by atoms with Gasteiger partial charge in [0, 0.05) is 6.20 Å². The fourth-order valence-electron chi connectivity index (χ4n) is 1.06. The van der Waals surface area contributed by atoms with E-state index in [4.69, 9.17) is 0 Å². The summed E-state index contributed by atoms with van der Waals surface area (Å²) >= 11 is 3.11. The van der Waals surface area contributed by atoms with E-state index in [1.807, 2.05) is 0 Å². The first kappa shape index (κ1) is 8.55. The van der Waals surface area contributed by atoms with Crippen LogP contribution in [0.5, 0.6) is 0 Å². The smallest absolute Gasteiger partial charge is 0.274 e. The Kier molecular flexibility index (Phi) is 1.99. The summed E-state index contributed by atoms with van der Waals surface area (Å²) in [6.45, 7) is -2.58. The number of halogens is 3. The molecule has 0 aliphatic heterocycles. The van der Waals surface area contributed by atoms with Gasteiger partial charge < -0.3 is 0 Å². The average molecular weight is 248 g/mol. The van der Waals surface area contributed by atoms with E-state index in [1.165, 1.54) is 18.5 Å². The van der Waals surface area contributed by atoms with Crippen molar-refractivity contribution in [2.45, 2.75) is 6.55 Å². The van der Waals surface area contributed by atoms with E-state index in [1.54, 1.807) is 0 Å². The maximum Gasteiger partial charge on any atom is 0.320 e. The van der Waals surface area contributed by atoms with Gasteiger partial charge in [-0.1, -0.05) is 0 Å². The van der Waals surface area contributed by atoms with Crippen LogP contribution in [0.3, 0.4) is 0 Å². The van der Waals surface area contributed by atoms with Crippen molar-refractivity contribution in [2.24, 2.45) is 0 Å². The zero-order chi connectivity index (χ0) is 9.42. The highest BCUT2D eigenvalue weighted by Crippen LogP contribution is 2.19. The summed E-state index contributed by atoms with van der Waals surface area (Å²) in [7, 11) is 0. The highest BCUT2D eigenvalue weighted by molar-refractivity contribution is 9.10. The quantitative estimate of drug-likeness (QED) is 0.776. The highest BCUT2D eigenvalue weighted by atomic mass is 79.9. The zero-order valence-corrected chi connectivity index (χ0v) is 7.87. The molecule has 0 bridgehead atoms. The molecule has 2 aromatic rings. The molecule has 0 amide bonds. The number of fused-ring (bicyclic) bond motifs is 1. The Bertz CT molecular complexity index is 440. The second-order valence-electron chi connectivity index (χ2n) is 2.40. The highest BCUT2D eigenvalue weighted by Gasteiger charge is 2.10. The molecule has 0 aromatic carbocycles. The molecule has 0 atom stereocenters. The largest absolute Gasteiger partial charge is 0.320 e. The van der Waals surface area contributed by atoms with Gasteiger partial charge in [0.15, 0.2) is 5.65 Å². The van der Waals surface area contributed by atoms with Gasteiger partial charge in [0.1, 0.15) is 10.1 Å². The number of rotatable bonds is 1. The molecule has 2 aromatic heterocycles. The van der Waals surface area contributed by atoms with Gasteiger partial charge in [0.25, 0.3) is 0 Å². The summed E-state index contributed by atoms with van der Waals surface area (Å²) < 4.78 is 25.9. The SMILES string of the molecule is FC(F)n1ccc2nc(Br)cnc21. The van der Waals surface area contributed by atoms with Crippen molar-refractivity contribution in [3.05, 3.63) is 23.1 Å². The minimum absolute atomic E-state index is 0.193. The molecular weight excluding hydrogens is 244 g/mol. The van der Waals surface area contributed by atoms with E-state index in [9.17, 15) is 8.78 Å². The number of aromatic nitrogens is 3. The molecule has 0 spiro atoms. The van der Waals surface area contributed by atoms with Gasteiger partial charge in [-0.25, -0.2) is 9.97 Å². The van der Waals surface area contributed by atoms with E-state index < -0.39 is 6.55 Å². The van der Waals surface area contributed by atoms with Crippen LogP contribution in [0.1, 0.15) is 6.55 Å². The third kappa shape index (κ3) is 1.41. The lowest BCUT2D eigenvalue weighted by Crippen LogP contribution is -1.97.